The summed E-state index contributed by atoms with van der Waals surface area (Å²) in [4.78, 5) is 0. The zero-order valence-electron chi connectivity index (χ0n) is 9.76. The third-order valence-electron chi connectivity index (χ3n) is 4.90. The van der Waals surface area contributed by atoms with Crippen molar-refractivity contribution in [3.8, 4) is 0 Å². The van der Waals surface area contributed by atoms with Crippen LogP contribution in [0.4, 0.5) is 0 Å². The maximum atomic E-state index is 5.78. The second-order valence-electron chi connectivity index (χ2n) is 6.00. The smallest absolute Gasteiger partial charge is 0.00408 e. The monoisotopic (exact) mass is 195 g/mol. The summed E-state index contributed by atoms with van der Waals surface area (Å²) in [6, 6.07) is 0. The van der Waals surface area contributed by atoms with Gasteiger partial charge >= 0.3 is 0 Å². The van der Waals surface area contributed by atoms with Gasteiger partial charge in [0.15, 0.2) is 0 Å². The predicted octanol–water partition coefficient (Wildman–Crippen LogP) is 3.19. The van der Waals surface area contributed by atoms with Gasteiger partial charge in [-0.3, -0.25) is 0 Å². The molecule has 2 aliphatic rings. The number of nitrogens with two attached hydrogens (primary N) is 1. The highest BCUT2D eigenvalue weighted by atomic mass is 14.7. The first-order chi connectivity index (χ1) is 6.66. The maximum absolute atomic E-state index is 5.78. The molecule has 0 aromatic heterocycles. The molecule has 0 aliphatic heterocycles. The Morgan fingerprint density at radius 1 is 1.07 bits per heavy atom. The molecule has 82 valence electrons. The Kier molecular flexibility index (Phi) is 2.88. The average molecular weight is 195 g/mol. The molecule has 2 N–H and O–H groups in total. The van der Waals surface area contributed by atoms with Gasteiger partial charge < -0.3 is 5.73 Å². The van der Waals surface area contributed by atoms with Gasteiger partial charge in [-0.2, -0.15) is 0 Å². The second kappa shape index (κ2) is 3.84. The molecular formula is C13H25N. The summed E-state index contributed by atoms with van der Waals surface area (Å²) < 4.78 is 0. The molecular weight excluding hydrogens is 170 g/mol. The van der Waals surface area contributed by atoms with Gasteiger partial charge in [0.05, 0.1) is 0 Å². The van der Waals surface area contributed by atoms with Gasteiger partial charge in [0.1, 0.15) is 0 Å². The van der Waals surface area contributed by atoms with Crippen LogP contribution in [-0.4, -0.2) is 6.54 Å². The van der Waals surface area contributed by atoms with Gasteiger partial charge in [-0.25, -0.2) is 0 Å². The van der Waals surface area contributed by atoms with Gasteiger partial charge in [0.25, 0.3) is 0 Å². The zero-order chi connectivity index (χ0) is 10.2. The van der Waals surface area contributed by atoms with Crippen LogP contribution in [0.3, 0.4) is 0 Å². The highest BCUT2D eigenvalue weighted by Gasteiger charge is 2.55. The number of rotatable bonds is 4. The molecule has 1 nitrogen and oxygen atoms in total. The van der Waals surface area contributed by atoms with Crippen LogP contribution in [-0.2, 0) is 0 Å². The second-order valence-corrected chi connectivity index (χ2v) is 6.00. The fraction of sp³-hybridized carbons (Fsp3) is 1.00. The average Bonchev–Trinajstić information content (AvgIpc) is 2.57. The van der Waals surface area contributed by atoms with Crippen molar-refractivity contribution in [3.63, 3.8) is 0 Å². The molecule has 2 atom stereocenters. The van der Waals surface area contributed by atoms with Crippen LogP contribution in [0.15, 0.2) is 0 Å². The van der Waals surface area contributed by atoms with E-state index in [0.717, 1.165) is 24.3 Å². The molecule has 14 heavy (non-hydrogen) atoms. The van der Waals surface area contributed by atoms with E-state index in [0.29, 0.717) is 5.41 Å². The molecule has 0 bridgehead atoms. The van der Waals surface area contributed by atoms with Crippen LogP contribution in [0.2, 0.25) is 0 Å². The topological polar surface area (TPSA) is 26.0 Å². The molecule has 2 rings (SSSR count). The van der Waals surface area contributed by atoms with E-state index in [1.807, 2.05) is 0 Å². The number of hydrogen-bond acceptors (Lipinski definition) is 1. The molecule has 0 radical (unpaired) electrons. The molecule has 0 aromatic carbocycles. The highest BCUT2D eigenvalue weighted by Crippen LogP contribution is 2.60. The first-order valence-electron chi connectivity index (χ1n) is 6.36. The van der Waals surface area contributed by atoms with Crippen LogP contribution in [0.5, 0.6) is 0 Å². The van der Waals surface area contributed by atoms with E-state index in [4.69, 9.17) is 5.73 Å². The van der Waals surface area contributed by atoms with Gasteiger partial charge in [0.2, 0.25) is 0 Å². The summed E-state index contributed by atoms with van der Waals surface area (Å²) in [7, 11) is 0. The lowest BCUT2D eigenvalue weighted by atomic mass is 9.97. The van der Waals surface area contributed by atoms with Crippen molar-refractivity contribution in [1.29, 1.82) is 0 Å². The summed E-state index contributed by atoms with van der Waals surface area (Å²) in [5.41, 5.74) is 6.35. The summed E-state index contributed by atoms with van der Waals surface area (Å²) in [5, 5.41) is 0. The Morgan fingerprint density at radius 3 is 2.21 bits per heavy atom. The van der Waals surface area contributed by atoms with Crippen LogP contribution in [0, 0.1) is 23.2 Å². The Labute approximate surface area is 88.4 Å². The molecule has 0 spiro atoms. The quantitative estimate of drug-likeness (QED) is 0.732. The fourth-order valence-electron chi connectivity index (χ4n) is 3.61. The predicted molar refractivity (Wildman–Crippen MR) is 61.0 cm³/mol. The molecule has 0 unspecified atom stereocenters. The molecule has 0 aromatic rings. The van der Waals surface area contributed by atoms with E-state index in [1.54, 1.807) is 0 Å². The SMILES string of the molecule is CC1(C)[C@@H](CN)[C@@H]1CCC1CCCC1. The van der Waals surface area contributed by atoms with Gasteiger partial charge in [-0.1, -0.05) is 46.0 Å². The third-order valence-corrected chi connectivity index (χ3v) is 4.90. The van der Waals surface area contributed by atoms with Gasteiger partial charge in [-0.15, -0.1) is 0 Å². The highest BCUT2D eigenvalue weighted by molar-refractivity contribution is 5.05. The molecule has 0 heterocycles. The van der Waals surface area contributed by atoms with Crippen molar-refractivity contribution >= 4 is 0 Å². The van der Waals surface area contributed by atoms with E-state index >= 15 is 0 Å². The maximum Gasteiger partial charge on any atom is -0.00408 e. The third kappa shape index (κ3) is 1.84. The minimum absolute atomic E-state index is 0.563. The normalized spacial score (nSPS) is 36.2. The zero-order valence-corrected chi connectivity index (χ0v) is 9.76. The molecule has 1 heteroatoms. The van der Waals surface area contributed by atoms with E-state index in [1.165, 1.54) is 38.5 Å². The van der Waals surface area contributed by atoms with Crippen molar-refractivity contribution in [3.05, 3.63) is 0 Å². The Hall–Kier alpha value is -0.0400. The van der Waals surface area contributed by atoms with Crippen molar-refractivity contribution in [2.24, 2.45) is 28.9 Å². The molecule has 2 aliphatic carbocycles. The summed E-state index contributed by atoms with van der Waals surface area (Å²) in [5.74, 6) is 2.82. The number of hydrogen-bond donors (Lipinski definition) is 1. The van der Waals surface area contributed by atoms with Crippen LogP contribution in [0.25, 0.3) is 0 Å². The minimum atomic E-state index is 0.563. The van der Waals surface area contributed by atoms with E-state index < -0.39 is 0 Å². The summed E-state index contributed by atoms with van der Waals surface area (Å²) >= 11 is 0. The lowest BCUT2D eigenvalue weighted by molar-refractivity contribution is 0.432. The lowest BCUT2D eigenvalue weighted by Crippen LogP contribution is -2.05. The minimum Gasteiger partial charge on any atom is -0.330 e. The van der Waals surface area contributed by atoms with Gasteiger partial charge in [0, 0.05) is 0 Å². The van der Waals surface area contributed by atoms with E-state index in [9.17, 15) is 0 Å². The van der Waals surface area contributed by atoms with Crippen molar-refractivity contribution in [1.82, 2.24) is 0 Å². The van der Waals surface area contributed by atoms with Crippen LogP contribution >= 0.6 is 0 Å². The summed E-state index contributed by atoms with van der Waals surface area (Å²) in [6.07, 6.45) is 8.89. The standard InChI is InChI=1S/C13H25N/c1-13(2)11(12(13)9-14)8-7-10-5-3-4-6-10/h10-12H,3-9,14H2,1-2H3/t11-,12-/m0/s1. The molecule has 2 fully saturated rings. The lowest BCUT2D eigenvalue weighted by Gasteiger charge is -2.08. The first-order valence-corrected chi connectivity index (χ1v) is 6.36. The van der Waals surface area contributed by atoms with Crippen LogP contribution < -0.4 is 5.73 Å². The van der Waals surface area contributed by atoms with Crippen molar-refractivity contribution in [2.45, 2.75) is 52.4 Å². The van der Waals surface area contributed by atoms with E-state index in [2.05, 4.69) is 13.8 Å². The van der Waals surface area contributed by atoms with Crippen molar-refractivity contribution < 1.29 is 0 Å². The molecule has 2 saturated carbocycles. The Bertz CT molecular complexity index is 191. The van der Waals surface area contributed by atoms with E-state index in [-0.39, 0.29) is 0 Å². The van der Waals surface area contributed by atoms with Crippen LogP contribution in [0.1, 0.15) is 52.4 Å². The van der Waals surface area contributed by atoms with Gasteiger partial charge in [-0.05, 0) is 36.1 Å². The Balaban J connectivity index is 1.71. The summed E-state index contributed by atoms with van der Waals surface area (Å²) in [6.45, 7) is 5.69. The first kappa shape index (κ1) is 10.5. The Morgan fingerprint density at radius 2 is 1.71 bits per heavy atom. The largest absolute Gasteiger partial charge is 0.330 e. The molecule has 0 amide bonds. The van der Waals surface area contributed by atoms with Crippen molar-refractivity contribution in [2.75, 3.05) is 6.54 Å². The fourth-order valence-corrected chi connectivity index (χ4v) is 3.61. The molecule has 0 saturated heterocycles.